The molecule has 0 fully saturated rings. The fraction of sp³-hybridized carbons (Fsp3) is 0.400. The van der Waals surface area contributed by atoms with Crippen LogP contribution in [0.2, 0.25) is 0 Å². The SMILES string of the molecule is CNCCn1c(C)c(CC=O)c2c(F)c(O)ccc21.CO. The number of hydrogen-bond acceptors (Lipinski definition) is 4. The van der Waals surface area contributed by atoms with E-state index in [2.05, 4.69) is 5.32 Å². The number of nitrogens with one attached hydrogen (secondary N) is 1. The lowest BCUT2D eigenvalue weighted by atomic mass is 10.1. The standard InChI is InChI=1S/C14H17FN2O2.CH4O/c1-9-10(5-8-18)13-11(17(9)7-6-16-2)3-4-12(19)14(13)15;1-2/h3-4,8,16,19H,5-7H2,1-2H3;2H,1H3. The van der Waals surface area contributed by atoms with E-state index in [1.807, 2.05) is 18.5 Å². The molecule has 0 spiro atoms. The Bertz CT molecular complexity index is 623. The molecule has 0 saturated carbocycles. The molecule has 0 saturated heterocycles. The summed E-state index contributed by atoms with van der Waals surface area (Å²) in [4.78, 5) is 10.8. The van der Waals surface area contributed by atoms with Crippen LogP contribution in [0, 0.1) is 12.7 Å². The van der Waals surface area contributed by atoms with Crippen molar-refractivity contribution >= 4 is 17.2 Å². The molecule has 1 aromatic heterocycles. The third-order valence-corrected chi connectivity index (χ3v) is 3.41. The van der Waals surface area contributed by atoms with Crippen molar-refractivity contribution in [2.45, 2.75) is 19.9 Å². The Balaban J connectivity index is 0.00000106. The van der Waals surface area contributed by atoms with Gasteiger partial charge in [0.05, 0.1) is 5.52 Å². The maximum atomic E-state index is 14.1. The van der Waals surface area contributed by atoms with E-state index in [1.165, 1.54) is 6.07 Å². The van der Waals surface area contributed by atoms with E-state index in [9.17, 15) is 14.3 Å². The van der Waals surface area contributed by atoms with E-state index in [0.717, 1.165) is 25.6 Å². The molecule has 0 radical (unpaired) electrons. The number of carbonyl (C=O) groups excluding carboxylic acids is 1. The van der Waals surface area contributed by atoms with Gasteiger partial charge in [-0.1, -0.05) is 0 Å². The van der Waals surface area contributed by atoms with Crippen LogP contribution in [0.4, 0.5) is 4.39 Å². The number of phenolic OH excluding ortho intramolecular Hbond substituents is 1. The summed E-state index contributed by atoms with van der Waals surface area (Å²) < 4.78 is 16.1. The molecular formula is C15H21FN2O3. The Kier molecular flexibility index (Phi) is 6.33. The van der Waals surface area contributed by atoms with Crippen LogP contribution in [-0.4, -0.2) is 41.8 Å². The van der Waals surface area contributed by atoms with Gasteiger partial charge < -0.3 is 24.9 Å². The van der Waals surface area contributed by atoms with Crippen molar-refractivity contribution in [1.82, 2.24) is 9.88 Å². The van der Waals surface area contributed by atoms with Gasteiger partial charge in [0, 0.05) is 37.7 Å². The smallest absolute Gasteiger partial charge is 0.174 e. The molecule has 2 rings (SSSR count). The minimum Gasteiger partial charge on any atom is -0.505 e. The first-order valence-electron chi connectivity index (χ1n) is 6.63. The summed E-state index contributed by atoms with van der Waals surface area (Å²) in [6.07, 6.45) is 0.906. The van der Waals surface area contributed by atoms with E-state index < -0.39 is 5.82 Å². The highest BCUT2D eigenvalue weighted by Gasteiger charge is 2.18. The Morgan fingerprint density at radius 3 is 2.62 bits per heavy atom. The molecule has 0 aliphatic rings. The number of aromatic nitrogens is 1. The number of hydrogen-bond donors (Lipinski definition) is 3. The summed E-state index contributed by atoms with van der Waals surface area (Å²) in [7, 11) is 2.85. The zero-order valence-electron chi connectivity index (χ0n) is 12.5. The topological polar surface area (TPSA) is 74.5 Å². The van der Waals surface area contributed by atoms with Crippen molar-refractivity contribution < 1.29 is 19.4 Å². The summed E-state index contributed by atoms with van der Waals surface area (Å²) in [5, 5.41) is 19.9. The molecule has 5 nitrogen and oxygen atoms in total. The minimum atomic E-state index is -0.652. The number of aliphatic hydroxyl groups excluding tert-OH is 1. The number of nitrogens with zero attached hydrogens (tertiary/aromatic N) is 1. The van der Waals surface area contributed by atoms with Gasteiger partial charge in [-0.3, -0.25) is 0 Å². The van der Waals surface area contributed by atoms with Crippen LogP contribution in [0.3, 0.4) is 0 Å². The second-order valence-corrected chi connectivity index (χ2v) is 4.48. The maximum absolute atomic E-state index is 14.1. The lowest BCUT2D eigenvalue weighted by molar-refractivity contribution is -0.107. The Hall–Kier alpha value is -1.92. The van der Waals surface area contributed by atoms with E-state index in [0.29, 0.717) is 23.0 Å². The minimum absolute atomic E-state index is 0.148. The van der Waals surface area contributed by atoms with Crippen molar-refractivity contribution in [2.75, 3.05) is 20.7 Å². The molecule has 1 aromatic carbocycles. The van der Waals surface area contributed by atoms with Crippen LogP contribution in [0.1, 0.15) is 11.3 Å². The van der Waals surface area contributed by atoms with Crippen LogP contribution in [-0.2, 0) is 17.8 Å². The van der Waals surface area contributed by atoms with Crippen molar-refractivity contribution in [3.05, 3.63) is 29.2 Å². The number of fused-ring (bicyclic) bond motifs is 1. The van der Waals surface area contributed by atoms with E-state index in [4.69, 9.17) is 5.11 Å². The lowest BCUT2D eigenvalue weighted by Gasteiger charge is -2.08. The maximum Gasteiger partial charge on any atom is 0.174 e. The molecule has 0 unspecified atom stereocenters. The predicted octanol–water partition coefficient (Wildman–Crippen LogP) is 1.36. The summed E-state index contributed by atoms with van der Waals surface area (Å²) >= 11 is 0. The monoisotopic (exact) mass is 296 g/mol. The van der Waals surface area contributed by atoms with Gasteiger partial charge in [-0.2, -0.15) is 0 Å². The lowest BCUT2D eigenvalue weighted by Crippen LogP contribution is -2.15. The number of rotatable bonds is 5. The van der Waals surface area contributed by atoms with E-state index in [-0.39, 0.29) is 12.2 Å². The first-order chi connectivity index (χ1) is 10.1. The molecule has 0 aliphatic heterocycles. The van der Waals surface area contributed by atoms with Crippen LogP contribution >= 0.6 is 0 Å². The number of carbonyl (C=O) groups is 1. The van der Waals surface area contributed by atoms with Gasteiger partial charge in [0.2, 0.25) is 0 Å². The van der Waals surface area contributed by atoms with Crippen LogP contribution in [0.5, 0.6) is 5.75 Å². The van der Waals surface area contributed by atoms with Gasteiger partial charge in [-0.15, -0.1) is 0 Å². The number of likely N-dealkylation sites (N-methyl/N-ethyl adjacent to an activating group) is 1. The van der Waals surface area contributed by atoms with Gasteiger partial charge in [0.15, 0.2) is 11.6 Å². The second-order valence-electron chi connectivity index (χ2n) is 4.48. The van der Waals surface area contributed by atoms with Crippen molar-refractivity contribution in [2.24, 2.45) is 0 Å². The van der Waals surface area contributed by atoms with Crippen LogP contribution < -0.4 is 5.32 Å². The third-order valence-electron chi connectivity index (χ3n) is 3.41. The quantitative estimate of drug-likeness (QED) is 0.728. The highest BCUT2D eigenvalue weighted by Crippen LogP contribution is 2.32. The van der Waals surface area contributed by atoms with Crippen molar-refractivity contribution in [3.63, 3.8) is 0 Å². The number of aldehydes is 1. The zero-order valence-corrected chi connectivity index (χ0v) is 12.5. The summed E-state index contributed by atoms with van der Waals surface area (Å²) in [5.74, 6) is -1.04. The zero-order chi connectivity index (χ0) is 16.0. The average molecular weight is 296 g/mol. The molecule has 6 heteroatoms. The van der Waals surface area contributed by atoms with Gasteiger partial charge >= 0.3 is 0 Å². The molecule has 3 N–H and O–H groups in total. The Morgan fingerprint density at radius 1 is 1.38 bits per heavy atom. The molecule has 2 aromatic rings. The Labute approximate surface area is 123 Å². The summed E-state index contributed by atoms with van der Waals surface area (Å²) in [6, 6.07) is 3.03. The van der Waals surface area contributed by atoms with Gasteiger partial charge in [0.1, 0.15) is 6.29 Å². The number of phenols is 1. The molecule has 116 valence electrons. The van der Waals surface area contributed by atoms with E-state index in [1.54, 1.807) is 6.07 Å². The first kappa shape index (κ1) is 17.1. The second kappa shape index (κ2) is 7.75. The van der Waals surface area contributed by atoms with Crippen molar-refractivity contribution in [1.29, 1.82) is 0 Å². The average Bonchev–Trinajstić information content (AvgIpc) is 2.76. The third kappa shape index (κ3) is 3.22. The summed E-state index contributed by atoms with van der Waals surface area (Å²) in [5.41, 5.74) is 2.22. The van der Waals surface area contributed by atoms with Crippen molar-refractivity contribution in [3.8, 4) is 5.75 Å². The fourth-order valence-corrected chi connectivity index (χ4v) is 2.44. The summed E-state index contributed by atoms with van der Waals surface area (Å²) in [6.45, 7) is 3.29. The molecule has 0 aliphatic carbocycles. The molecule has 1 heterocycles. The first-order valence-corrected chi connectivity index (χ1v) is 6.63. The highest BCUT2D eigenvalue weighted by molar-refractivity contribution is 5.89. The number of aliphatic hydroxyl groups is 1. The molecule has 0 amide bonds. The molecule has 0 atom stereocenters. The predicted molar refractivity (Wildman–Crippen MR) is 80.1 cm³/mol. The highest BCUT2D eigenvalue weighted by atomic mass is 19.1. The molecule has 21 heavy (non-hydrogen) atoms. The number of halogens is 1. The fourth-order valence-electron chi connectivity index (χ4n) is 2.44. The van der Waals surface area contributed by atoms with Gasteiger partial charge in [0.25, 0.3) is 0 Å². The number of benzene rings is 1. The molecule has 0 bridgehead atoms. The largest absolute Gasteiger partial charge is 0.505 e. The van der Waals surface area contributed by atoms with Crippen LogP contribution in [0.15, 0.2) is 12.1 Å². The normalized spacial score (nSPS) is 10.3. The number of aromatic hydroxyl groups is 1. The van der Waals surface area contributed by atoms with Crippen LogP contribution in [0.25, 0.3) is 10.9 Å². The van der Waals surface area contributed by atoms with E-state index >= 15 is 0 Å². The Morgan fingerprint density at radius 2 is 2.05 bits per heavy atom. The molecular weight excluding hydrogens is 275 g/mol. The van der Waals surface area contributed by atoms with Gasteiger partial charge in [-0.05, 0) is 31.7 Å². The van der Waals surface area contributed by atoms with Gasteiger partial charge in [-0.25, -0.2) is 4.39 Å².